The number of hydrogen-bond acceptors (Lipinski definition) is 3. The standard InChI is InChI=1S/C13H21N3/c14-10-13(11-6-2-1-3-7-11)9-5-4-8-12(13)16-15/h11H,1-9,15H2. The highest BCUT2D eigenvalue weighted by atomic mass is 15.1. The van der Waals surface area contributed by atoms with Crippen molar-refractivity contribution in [1.29, 1.82) is 5.26 Å². The summed E-state index contributed by atoms with van der Waals surface area (Å²) in [4.78, 5) is 0. The third kappa shape index (κ3) is 1.81. The van der Waals surface area contributed by atoms with Gasteiger partial charge < -0.3 is 5.84 Å². The quantitative estimate of drug-likeness (QED) is 0.544. The van der Waals surface area contributed by atoms with E-state index in [1.807, 2.05) is 0 Å². The Labute approximate surface area is 97.7 Å². The van der Waals surface area contributed by atoms with Crippen molar-refractivity contribution in [2.75, 3.05) is 0 Å². The Balaban J connectivity index is 2.25. The summed E-state index contributed by atoms with van der Waals surface area (Å²) in [6.45, 7) is 0. The SMILES string of the molecule is N#CC1(C2CCCCC2)CCCCC1=NN. The van der Waals surface area contributed by atoms with Crippen LogP contribution >= 0.6 is 0 Å². The topological polar surface area (TPSA) is 62.2 Å². The van der Waals surface area contributed by atoms with Gasteiger partial charge in [0.15, 0.2) is 0 Å². The van der Waals surface area contributed by atoms with Crippen molar-refractivity contribution in [3.63, 3.8) is 0 Å². The van der Waals surface area contributed by atoms with Crippen LogP contribution in [-0.2, 0) is 0 Å². The van der Waals surface area contributed by atoms with Crippen LogP contribution in [0.2, 0.25) is 0 Å². The smallest absolute Gasteiger partial charge is 0.0999 e. The Morgan fingerprint density at radius 3 is 2.56 bits per heavy atom. The lowest BCUT2D eigenvalue weighted by Gasteiger charge is -2.40. The molecule has 2 fully saturated rings. The Hall–Kier alpha value is -1.04. The van der Waals surface area contributed by atoms with E-state index >= 15 is 0 Å². The lowest BCUT2D eigenvalue weighted by molar-refractivity contribution is 0.216. The Bertz CT molecular complexity index is 310. The second kappa shape index (κ2) is 4.86. The van der Waals surface area contributed by atoms with Crippen LogP contribution in [-0.4, -0.2) is 5.71 Å². The number of nitrogens with zero attached hydrogens (tertiary/aromatic N) is 2. The summed E-state index contributed by atoms with van der Waals surface area (Å²) in [6, 6.07) is 2.58. The predicted molar refractivity (Wildman–Crippen MR) is 64.7 cm³/mol. The van der Waals surface area contributed by atoms with Crippen LogP contribution in [0.5, 0.6) is 0 Å². The van der Waals surface area contributed by atoms with Gasteiger partial charge >= 0.3 is 0 Å². The molecule has 3 heteroatoms. The maximum absolute atomic E-state index is 9.61. The lowest BCUT2D eigenvalue weighted by Crippen LogP contribution is -2.41. The molecule has 2 aliphatic carbocycles. The predicted octanol–water partition coefficient (Wildman–Crippen LogP) is 2.97. The third-order valence-corrected chi connectivity index (χ3v) is 4.41. The molecule has 2 N–H and O–H groups in total. The summed E-state index contributed by atoms with van der Waals surface area (Å²) in [7, 11) is 0. The van der Waals surface area contributed by atoms with Crippen LogP contribution in [0.1, 0.15) is 57.8 Å². The van der Waals surface area contributed by atoms with E-state index in [2.05, 4.69) is 11.2 Å². The number of rotatable bonds is 1. The fraction of sp³-hybridized carbons (Fsp3) is 0.846. The van der Waals surface area contributed by atoms with E-state index < -0.39 is 0 Å². The molecule has 3 nitrogen and oxygen atoms in total. The summed E-state index contributed by atoms with van der Waals surface area (Å²) in [5.41, 5.74) is 0.668. The van der Waals surface area contributed by atoms with E-state index in [1.54, 1.807) is 0 Å². The van der Waals surface area contributed by atoms with Gasteiger partial charge in [0.25, 0.3) is 0 Å². The van der Waals surface area contributed by atoms with Gasteiger partial charge in [-0.25, -0.2) is 0 Å². The first-order chi connectivity index (χ1) is 7.83. The van der Waals surface area contributed by atoms with E-state index in [-0.39, 0.29) is 5.41 Å². The maximum atomic E-state index is 9.61. The highest BCUT2D eigenvalue weighted by Crippen LogP contribution is 2.46. The summed E-state index contributed by atoms with van der Waals surface area (Å²) in [6.07, 6.45) is 10.4. The molecule has 0 aliphatic heterocycles. The first-order valence-corrected chi connectivity index (χ1v) is 6.52. The Kier molecular flexibility index (Phi) is 3.48. The van der Waals surface area contributed by atoms with Crippen molar-refractivity contribution >= 4 is 5.71 Å². The van der Waals surface area contributed by atoms with Crippen LogP contribution in [0.25, 0.3) is 0 Å². The van der Waals surface area contributed by atoms with E-state index in [9.17, 15) is 5.26 Å². The number of nitrogens with two attached hydrogens (primary N) is 1. The molecule has 1 atom stereocenters. The van der Waals surface area contributed by atoms with E-state index in [0.29, 0.717) is 5.92 Å². The zero-order valence-electron chi connectivity index (χ0n) is 9.91. The minimum atomic E-state index is -0.312. The monoisotopic (exact) mass is 219 g/mol. The van der Waals surface area contributed by atoms with Gasteiger partial charge in [0.1, 0.15) is 0 Å². The second-order valence-corrected chi connectivity index (χ2v) is 5.20. The van der Waals surface area contributed by atoms with E-state index in [1.165, 1.54) is 32.1 Å². The van der Waals surface area contributed by atoms with Gasteiger partial charge in [-0.2, -0.15) is 10.4 Å². The van der Waals surface area contributed by atoms with Gasteiger partial charge in [0.05, 0.1) is 17.2 Å². The average Bonchev–Trinajstić information content (AvgIpc) is 2.39. The number of hydrogen-bond donors (Lipinski definition) is 1. The normalized spacial score (nSPS) is 34.8. The molecule has 2 saturated carbocycles. The second-order valence-electron chi connectivity index (χ2n) is 5.20. The first-order valence-electron chi connectivity index (χ1n) is 6.52. The molecule has 0 aromatic carbocycles. The summed E-state index contributed by atoms with van der Waals surface area (Å²) in [5.74, 6) is 6.01. The van der Waals surface area contributed by atoms with Crippen molar-refractivity contribution in [3.8, 4) is 6.07 Å². The molecule has 0 spiro atoms. The first kappa shape index (κ1) is 11.4. The zero-order chi connectivity index (χ0) is 11.4. The highest BCUT2D eigenvalue weighted by molar-refractivity contribution is 5.93. The largest absolute Gasteiger partial charge is 0.323 e. The highest BCUT2D eigenvalue weighted by Gasteiger charge is 2.45. The minimum absolute atomic E-state index is 0.312. The molecule has 88 valence electrons. The van der Waals surface area contributed by atoms with Crippen molar-refractivity contribution in [3.05, 3.63) is 0 Å². The Morgan fingerprint density at radius 2 is 1.94 bits per heavy atom. The summed E-state index contributed by atoms with van der Waals surface area (Å²) >= 11 is 0. The fourth-order valence-corrected chi connectivity index (χ4v) is 3.49. The van der Waals surface area contributed by atoms with Crippen molar-refractivity contribution < 1.29 is 0 Å². The van der Waals surface area contributed by atoms with Gasteiger partial charge in [-0.05, 0) is 38.0 Å². The molecule has 0 saturated heterocycles. The average molecular weight is 219 g/mol. The summed E-state index contributed by atoms with van der Waals surface area (Å²) in [5, 5.41) is 13.6. The van der Waals surface area contributed by atoms with Crippen LogP contribution in [0.4, 0.5) is 0 Å². The maximum Gasteiger partial charge on any atom is 0.0999 e. The van der Waals surface area contributed by atoms with E-state index in [4.69, 9.17) is 5.84 Å². The van der Waals surface area contributed by atoms with Crippen molar-refractivity contribution in [2.24, 2.45) is 22.3 Å². The molecule has 1 unspecified atom stereocenters. The molecule has 0 heterocycles. The molecule has 0 aromatic rings. The third-order valence-electron chi connectivity index (χ3n) is 4.41. The Morgan fingerprint density at radius 1 is 1.19 bits per heavy atom. The molecular formula is C13H21N3. The number of hydrazone groups is 1. The molecule has 16 heavy (non-hydrogen) atoms. The van der Waals surface area contributed by atoms with Gasteiger partial charge in [-0.1, -0.05) is 25.7 Å². The molecule has 2 rings (SSSR count). The van der Waals surface area contributed by atoms with Gasteiger partial charge in [-0.15, -0.1) is 0 Å². The fourth-order valence-electron chi connectivity index (χ4n) is 3.49. The van der Waals surface area contributed by atoms with Gasteiger partial charge in [0.2, 0.25) is 0 Å². The molecular weight excluding hydrogens is 198 g/mol. The lowest BCUT2D eigenvalue weighted by atomic mass is 9.61. The molecule has 2 aliphatic rings. The van der Waals surface area contributed by atoms with Crippen molar-refractivity contribution in [2.45, 2.75) is 57.8 Å². The molecule has 0 aromatic heterocycles. The van der Waals surface area contributed by atoms with Crippen LogP contribution in [0, 0.1) is 22.7 Å². The van der Waals surface area contributed by atoms with Gasteiger partial charge in [0, 0.05) is 0 Å². The molecule has 0 amide bonds. The van der Waals surface area contributed by atoms with Crippen LogP contribution in [0.15, 0.2) is 5.10 Å². The van der Waals surface area contributed by atoms with Crippen LogP contribution < -0.4 is 5.84 Å². The van der Waals surface area contributed by atoms with Crippen LogP contribution in [0.3, 0.4) is 0 Å². The zero-order valence-corrected chi connectivity index (χ0v) is 9.91. The van der Waals surface area contributed by atoms with E-state index in [0.717, 1.165) is 31.4 Å². The van der Waals surface area contributed by atoms with Crippen molar-refractivity contribution in [1.82, 2.24) is 0 Å². The van der Waals surface area contributed by atoms with Gasteiger partial charge in [-0.3, -0.25) is 0 Å². The number of nitriles is 1. The minimum Gasteiger partial charge on any atom is -0.323 e. The summed E-state index contributed by atoms with van der Waals surface area (Å²) < 4.78 is 0. The molecule has 0 radical (unpaired) electrons. The molecule has 0 bridgehead atoms.